The summed E-state index contributed by atoms with van der Waals surface area (Å²) in [6.45, 7) is 10.0. The lowest BCUT2D eigenvalue weighted by atomic mass is 10.1. The van der Waals surface area contributed by atoms with Gasteiger partial charge in [0.25, 0.3) is 0 Å². The summed E-state index contributed by atoms with van der Waals surface area (Å²) >= 11 is 0. The molecule has 0 aromatic heterocycles. The maximum atomic E-state index is 14.2. The van der Waals surface area contributed by atoms with E-state index in [-0.39, 0.29) is 58.5 Å². The zero-order valence-corrected chi connectivity index (χ0v) is 49.2. The van der Waals surface area contributed by atoms with Crippen molar-refractivity contribution in [2.45, 2.75) is 107 Å². The number of carbonyl (C=O) groups is 9. The minimum Gasteiger partial charge on any atom is -0.481 e. The van der Waals surface area contributed by atoms with Crippen molar-refractivity contribution in [1.82, 2.24) is 0 Å². The Hall–Kier alpha value is -8.17. The number of rotatable bonds is 31. The summed E-state index contributed by atoms with van der Waals surface area (Å²) in [6.07, 6.45) is -1.42. The average molecular weight is 1210 g/mol. The van der Waals surface area contributed by atoms with Crippen LogP contribution in [0.1, 0.15) is 102 Å². The molecular formula is C59H68O23P2. The number of aliphatic carboxylic acids is 3. The summed E-state index contributed by atoms with van der Waals surface area (Å²) in [5.41, 5.74) is 3.17. The molecule has 23 nitrogen and oxygen atoms in total. The molecule has 84 heavy (non-hydrogen) atoms. The molecule has 0 aliphatic heterocycles. The van der Waals surface area contributed by atoms with Gasteiger partial charge in [-0.2, -0.15) is 0 Å². The number of carboxylic acids is 3. The van der Waals surface area contributed by atoms with Gasteiger partial charge in [-0.05, 0) is 101 Å². The van der Waals surface area contributed by atoms with Crippen LogP contribution in [-0.2, 0) is 104 Å². The Balaban J connectivity index is 0.000000445. The fourth-order valence-corrected chi connectivity index (χ4v) is 10.3. The molecule has 0 aliphatic carbocycles. The number of ether oxygens (including phenoxy) is 6. The molecule has 0 radical (unpaired) electrons. The first-order valence-electron chi connectivity index (χ1n) is 26.0. The first-order chi connectivity index (χ1) is 39.9. The Morgan fingerprint density at radius 2 is 0.690 bits per heavy atom. The molecule has 0 bridgehead atoms. The van der Waals surface area contributed by atoms with Gasteiger partial charge in [0, 0.05) is 53.6 Å². The number of esters is 6. The number of hydrogen-bond acceptors (Lipinski definition) is 20. The third-order valence-corrected chi connectivity index (χ3v) is 14.3. The standard InChI is InChI=1S/C33H35O13P.C24H27O10P.C2H6/c1-22(34)44-29-11-4-25(5-12-29)18-41-33(39)28(10-17-32(37)38)21-47(40,42-19-26-6-13-30(14-7-26)45-23(2)35)43-20-27-8-15-31(16-9-27)46-24(3)36;1-16(25)33-21-8-3-18(4-9-21)13-31-35(15-20(24(29)30)7-12-23(27)28)32-14-19-5-10-22(11-6-19)34-17(2)26;1-2/h4-9,11-16,28H,10,17-21H2,1-3H3,(H,37,38);3-6,8-11,20H,7,12-15H2,1-2H3,(H,27,28)(H,29,30);1-2H3. The molecule has 2 atom stereocenters. The van der Waals surface area contributed by atoms with Gasteiger partial charge in [-0.25, -0.2) is 0 Å². The van der Waals surface area contributed by atoms with Crippen molar-refractivity contribution in [1.29, 1.82) is 0 Å². The van der Waals surface area contributed by atoms with Crippen LogP contribution >= 0.6 is 16.0 Å². The first kappa shape index (κ1) is 70.1. The number of hydrogen-bond donors (Lipinski definition) is 3. The van der Waals surface area contributed by atoms with Crippen LogP contribution in [0.5, 0.6) is 28.7 Å². The lowest BCUT2D eigenvalue weighted by Crippen LogP contribution is -2.23. The lowest BCUT2D eigenvalue weighted by molar-refractivity contribution is -0.150. The molecule has 2 unspecified atom stereocenters. The van der Waals surface area contributed by atoms with Gasteiger partial charge in [-0.3, -0.25) is 47.7 Å². The van der Waals surface area contributed by atoms with E-state index in [1.807, 2.05) is 13.8 Å². The molecule has 0 amide bonds. The first-order valence-corrected chi connectivity index (χ1v) is 29.1. The third kappa shape index (κ3) is 29.2. The van der Waals surface area contributed by atoms with E-state index in [9.17, 15) is 57.9 Å². The summed E-state index contributed by atoms with van der Waals surface area (Å²) in [5.74, 6) is -6.96. The van der Waals surface area contributed by atoms with Crippen molar-refractivity contribution in [3.63, 3.8) is 0 Å². The van der Waals surface area contributed by atoms with Crippen LogP contribution < -0.4 is 23.7 Å². The normalized spacial score (nSPS) is 11.4. The van der Waals surface area contributed by atoms with E-state index in [4.69, 9.17) is 51.6 Å². The number of carboxylic acid groups (broad SMARTS) is 3. The fourth-order valence-electron chi connectivity index (χ4n) is 6.92. The molecular weight excluding hydrogens is 1140 g/mol. The molecule has 25 heteroatoms. The van der Waals surface area contributed by atoms with Crippen LogP contribution in [0.3, 0.4) is 0 Å². The fraction of sp³-hybridized carbons (Fsp3) is 0.339. The van der Waals surface area contributed by atoms with Crippen molar-refractivity contribution in [3.8, 4) is 28.7 Å². The van der Waals surface area contributed by atoms with Crippen LogP contribution in [0.2, 0.25) is 0 Å². The van der Waals surface area contributed by atoms with Crippen molar-refractivity contribution in [3.05, 3.63) is 149 Å². The second-order valence-electron chi connectivity index (χ2n) is 17.8. The van der Waals surface area contributed by atoms with E-state index in [0.717, 1.165) is 11.1 Å². The van der Waals surface area contributed by atoms with Gasteiger partial charge in [0.05, 0.1) is 44.4 Å². The van der Waals surface area contributed by atoms with Crippen LogP contribution in [0.25, 0.3) is 0 Å². The van der Waals surface area contributed by atoms with Crippen molar-refractivity contribution in [2.75, 3.05) is 12.3 Å². The van der Waals surface area contributed by atoms with E-state index >= 15 is 0 Å². The highest BCUT2D eigenvalue weighted by atomic mass is 31.2. The average Bonchev–Trinajstić information content (AvgIpc) is 3.61. The summed E-state index contributed by atoms with van der Waals surface area (Å²) < 4.78 is 68.0. The Labute approximate surface area is 486 Å². The second kappa shape index (κ2) is 37.1. The highest BCUT2D eigenvalue weighted by Gasteiger charge is 2.35. The summed E-state index contributed by atoms with van der Waals surface area (Å²) in [6, 6.07) is 32.0. The lowest BCUT2D eigenvalue weighted by Gasteiger charge is -2.23. The van der Waals surface area contributed by atoms with Crippen LogP contribution in [0, 0.1) is 11.8 Å². The maximum Gasteiger partial charge on any atom is 0.332 e. The molecule has 5 aromatic rings. The van der Waals surface area contributed by atoms with Gasteiger partial charge < -0.3 is 61.8 Å². The molecule has 0 aliphatic rings. The van der Waals surface area contributed by atoms with Crippen molar-refractivity contribution >= 4 is 69.7 Å². The second-order valence-corrected chi connectivity index (χ2v) is 21.4. The van der Waals surface area contributed by atoms with Crippen LogP contribution in [0.4, 0.5) is 0 Å². The van der Waals surface area contributed by atoms with Gasteiger partial charge in [0.2, 0.25) is 0 Å². The summed E-state index contributed by atoms with van der Waals surface area (Å²) in [5, 5.41) is 27.8. The molecule has 5 aromatic carbocycles. The summed E-state index contributed by atoms with van der Waals surface area (Å²) in [7, 11) is -5.82. The molecule has 3 N–H and O–H groups in total. The summed E-state index contributed by atoms with van der Waals surface area (Å²) in [4.78, 5) is 103. The SMILES string of the molecule is CC.CC(=O)Oc1ccc(COC(=O)C(CCC(=O)O)CP(=O)(OCc2ccc(OC(C)=O)cc2)OCc2ccc(OC(C)=O)cc2)cc1.CC(=O)Oc1ccc(COP(CC(CCC(=O)O)C(=O)O)OCc2ccc(OC(C)=O)cc2)cc1. The van der Waals surface area contributed by atoms with E-state index in [2.05, 4.69) is 0 Å². The zero-order chi connectivity index (χ0) is 62.2. The highest BCUT2D eigenvalue weighted by Crippen LogP contribution is 2.52. The number of benzene rings is 5. The predicted molar refractivity (Wildman–Crippen MR) is 302 cm³/mol. The molecule has 0 heterocycles. The third-order valence-electron chi connectivity index (χ3n) is 10.8. The van der Waals surface area contributed by atoms with Gasteiger partial charge in [0.1, 0.15) is 35.4 Å². The largest absolute Gasteiger partial charge is 0.481 e. The molecule has 0 fully saturated rings. The van der Waals surface area contributed by atoms with Crippen LogP contribution in [0.15, 0.2) is 121 Å². The Morgan fingerprint density at radius 1 is 0.417 bits per heavy atom. The highest BCUT2D eigenvalue weighted by molar-refractivity contribution is 7.53. The Bertz CT molecular complexity index is 2850. The smallest absolute Gasteiger partial charge is 0.332 e. The van der Waals surface area contributed by atoms with Gasteiger partial charge >= 0.3 is 61.3 Å². The van der Waals surface area contributed by atoms with E-state index in [1.165, 1.54) is 71.0 Å². The van der Waals surface area contributed by atoms with Crippen LogP contribution in [-0.4, -0.2) is 81.4 Å². The quantitative estimate of drug-likeness (QED) is 0.0211. The topological polar surface area (TPSA) is 324 Å². The monoisotopic (exact) mass is 1210 g/mol. The zero-order valence-electron chi connectivity index (χ0n) is 47.4. The maximum absolute atomic E-state index is 14.2. The van der Waals surface area contributed by atoms with Crippen molar-refractivity contribution < 1.29 is 110 Å². The van der Waals surface area contributed by atoms with Gasteiger partial charge in [-0.1, -0.05) is 74.5 Å². The Morgan fingerprint density at radius 3 is 0.964 bits per heavy atom. The molecule has 452 valence electrons. The molecule has 0 spiro atoms. The predicted octanol–water partition coefficient (Wildman–Crippen LogP) is 10.8. The molecule has 0 saturated carbocycles. The minimum atomic E-state index is -4.12. The van der Waals surface area contributed by atoms with E-state index in [1.54, 1.807) is 84.9 Å². The molecule has 0 saturated heterocycles. The van der Waals surface area contributed by atoms with Gasteiger partial charge in [0.15, 0.2) is 8.38 Å². The van der Waals surface area contributed by atoms with Crippen molar-refractivity contribution in [2.24, 2.45) is 11.8 Å². The minimum absolute atomic E-state index is 0.00894. The molecule has 5 rings (SSSR count). The van der Waals surface area contributed by atoms with E-state index < -0.39 is 94.1 Å². The number of carbonyl (C=O) groups excluding carboxylic acids is 6. The van der Waals surface area contributed by atoms with Gasteiger partial charge in [-0.15, -0.1) is 0 Å². The Kier molecular flexibility index (Phi) is 31.0. The van der Waals surface area contributed by atoms with E-state index in [0.29, 0.717) is 45.4 Å².